The zero-order valence-corrected chi connectivity index (χ0v) is 15.7. The summed E-state index contributed by atoms with van der Waals surface area (Å²) in [6, 6.07) is 10.6. The molecule has 2 N–H and O–H groups in total. The molecule has 0 aliphatic heterocycles. The number of aromatic nitrogens is 1. The fraction of sp³-hybridized carbons (Fsp3) is 0. The predicted octanol–water partition coefficient (Wildman–Crippen LogP) is 4.07. The maximum Gasteiger partial charge on any atom is 0.335 e. The smallest absolute Gasteiger partial charge is 0.335 e. The Labute approximate surface area is 156 Å². The van der Waals surface area contributed by atoms with Crippen LogP contribution < -0.4 is 4.72 Å². The van der Waals surface area contributed by atoms with E-state index in [-0.39, 0.29) is 14.9 Å². The highest BCUT2D eigenvalue weighted by Gasteiger charge is 2.19. The Balaban J connectivity index is 1.92. The van der Waals surface area contributed by atoms with Crippen molar-refractivity contribution in [2.24, 2.45) is 0 Å². The Morgan fingerprint density at radius 2 is 2.00 bits per heavy atom. The minimum Gasteiger partial charge on any atom is -0.478 e. The van der Waals surface area contributed by atoms with Crippen molar-refractivity contribution >= 4 is 48.9 Å². The SMILES string of the molecule is O=C(O)c1ccc(S(=O)(=O)Nc2cccc(-c3nccs3)c2)c(Br)c1. The van der Waals surface area contributed by atoms with Gasteiger partial charge in [-0.3, -0.25) is 4.72 Å². The van der Waals surface area contributed by atoms with E-state index in [9.17, 15) is 13.2 Å². The number of nitrogens with zero attached hydrogens (tertiary/aromatic N) is 1. The van der Waals surface area contributed by atoms with Crippen LogP contribution in [0.4, 0.5) is 5.69 Å². The Morgan fingerprint density at radius 1 is 1.20 bits per heavy atom. The summed E-state index contributed by atoms with van der Waals surface area (Å²) in [4.78, 5) is 15.1. The van der Waals surface area contributed by atoms with Crippen molar-refractivity contribution in [3.05, 3.63) is 64.1 Å². The third-order valence-corrected chi connectivity index (χ3v) is 6.44. The van der Waals surface area contributed by atoms with Crippen molar-refractivity contribution in [1.29, 1.82) is 0 Å². The number of aromatic carboxylic acids is 1. The molecular formula is C16H11BrN2O4S2. The molecule has 3 rings (SSSR count). The highest BCUT2D eigenvalue weighted by molar-refractivity contribution is 9.10. The molecule has 0 aliphatic carbocycles. The Hall–Kier alpha value is -2.23. The molecule has 3 aromatic rings. The van der Waals surface area contributed by atoms with Crippen LogP contribution >= 0.6 is 27.3 Å². The second-order valence-corrected chi connectivity index (χ2v) is 8.37. The molecule has 0 saturated heterocycles. The summed E-state index contributed by atoms with van der Waals surface area (Å²) in [5, 5.41) is 11.6. The van der Waals surface area contributed by atoms with E-state index in [1.807, 2.05) is 11.4 Å². The van der Waals surface area contributed by atoms with Crippen LogP contribution in [0.1, 0.15) is 10.4 Å². The highest BCUT2D eigenvalue weighted by Crippen LogP contribution is 2.28. The van der Waals surface area contributed by atoms with E-state index in [4.69, 9.17) is 5.11 Å². The third-order valence-electron chi connectivity index (χ3n) is 3.26. The molecule has 1 heterocycles. The van der Waals surface area contributed by atoms with Gasteiger partial charge in [-0.15, -0.1) is 11.3 Å². The molecule has 2 aromatic carbocycles. The largest absolute Gasteiger partial charge is 0.478 e. The normalized spacial score (nSPS) is 11.2. The molecule has 0 bridgehead atoms. The maximum atomic E-state index is 12.6. The van der Waals surface area contributed by atoms with Crippen LogP contribution in [0.25, 0.3) is 10.6 Å². The molecule has 6 nitrogen and oxygen atoms in total. The van der Waals surface area contributed by atoms with Gasteiger partial charge in [-0.25, -0.2) is 18.2 Å². The minimum atomic E-state index is -3.88. The second-order valence-electron chi connectivity index (χ2n) is 4.97. The van der Waals surface area contributed by atoms with Gasteiger partial charge >= 0.3 is 5.97 Å². The average molecular weight is 439 g/mol. The standard InChI is InChI=1S/C16H11BrN2O4S2/c17-13-9-11(16(20)21)4-5-14(13)25(22,23)19-12-3-1-2-10(8-12)15-18-6-7-24-15/h1-9,19H,(H,20,21). The number of carboxylic acid groups (broad SMARTS) is 1. The summed E-state index contributed by atoms with van der Waals surface area (Å²) in [6.07, 6.45) is 1.68. The van der Waals surface area contributed by atoms with Gasteiger partial charge < -0.3 is 5.11 Å². The van der Waals surface area contributed by atoms with E-state index < -0.39 is 16.0 Å². The number of hydrogen-bond donors (Lipinski definition) is 2. The zero-order chi connectivity index (χ0) is 18.0. The molecule has 0 aliphatic rings. The van der Waals surface area contributed by atoms with Crippen LogP contribution in [0.3, 0.4) is 0 Å². The van der Waals surface area contributed by atoms with Gasteiger partial charge in [0, 0.05) is 27.3 Å². The van der Waals surface area contributed by atoms with Crippen molar-refractivity contribution in [3.63, 3.8) is 0 Å². The summed E-state index contributed by atoms with van der Waals surface area (Å²) in [7, 11) is -3.88. The topological polar surface area (TPSA) is 96.4 Å². The summed E-state index contributed by atoms with van der Waals surface area (Å²) in [6.45, 7) is 0. The number of carbonyl (C=O) groups is 1. The van der Waals surface area contributed by atoms with E-state index in [1.165, 1.54) is 29.5 Å². The lowest BCUT2D eigenvalue weighted by Crippen LogP contribution is -2.14. The predicted molar refractivity (Wildman–Crippen MR) is 99.5 cm³/mol. The van der Waals surface area contributed by atoms with Gasteiger partial charge in [0.2, 0.25) is 0 Å². The summed E-state index contributed by atoms with van der Waals surface area (Å²) >= 11 is 4.57. The van der Waals surface area contributed by atoms with Crippen LogP contribution in [0, 0.1) is 0 Å². The number of sulfonamides is 1. The monoisotopic (exact) mass is 438 g/mol. The number of thiazole rings is 1. The van der Waals surface area contributed by atoms with Gasteiger partial charge in [-0.2, -0.15) is 0 Å². The molecule has 0 atom stereocenters. The number of rotatable bonds is 5. The van der Waals surface area contributed by atoms with Gasteiger partial charge in [-0.05, 0) is 46.3 Å². The molecule has 0 amide bonds. The molecule has 0 fully saturated rings. The quantitative estimate of drug-likeness (QED) is 0.625. The van der Waals surface area contributed by atoms with E-state index in [0.717, 1.165) is 10.6 Å². The second kappa shape index (κ2) is 6.95. The zero-order valence-electron chi connectivity index (χ0n) is 12.5. The maximum absolute atomic E-state index is 12.6. The van der Waals surface area contributed by atoms with Crippen LogP contribution in [-0.4, -0.2) is 24.5 Å². The van der Waals surface area contributed by atoms with Gasteiger partial charge in [0.25, 0.3) is 10.0 Å². The molecule has 0 spiro atoms. The number of hydrogen-bond acceptors (Lipinski definition) is 5. The first-order valence-corrected chi connectivity index (χ1v) is 10.1. The van der Waals surface area contributed by atoms with Crippen molar-refractivity contribution in [1.82, 2.24) is 4.98 Å². The summed E-state index contributed by atoms with van der Waals surface area (Å²) < 4.78 is 27.9. The number of halogens is 1. The Bertz CT molecular complexity index is 1030. The van der Waals surface area contributed by atoms with Crippen LogP contribution in [0.2, 0.25) is 0 Å². The molecule has 0 unspecified atom stereocenters. The number of nitrogens with one attached hydrogen (secondary N) is 1. The Kier molecular flexibility index (Phi) is 4.89. The highest BCUT2D eigenvalue weighted by atomic mass is 79.9. The molecular weight excluding hydrogens is 428 g/mol. The van der Waals surface area contributed by atoms with E-state index in [2.05, 4.69) is 25.6 Å². The fourth-order valence-electron chi connectivity index (χ4n) is 2.14. The number of carboxylic acids is 1. The van der Waals surface area contributed by atoms with E-state index in [1.54, 1.807) is 24.4 Å². The lowest BCUT2D eigenvalue weighted by atomic mass is 10.2. The van der Waals surface area contributed by atoms with Crippen LogP contribution in [-0.2, 0) is 10.0 Å². The van der Waals surface area contributed by atoms with Gasteiger partial charge in [-0.1, -0.05) is 12.1 Å². The summed E-state index contributed by atoms with van der Waals surface area (Å²) in [5.41, 5.74) is 1.19. The molecule has 128 valence electrons. The fourth-order valence-corrected chi connectivity index (χ4v) is 4.91. The molecule has 0 saturated carbocycles. The lowest BCUT2D eigenvalue weighted by molar-refractivity contribution is 0.0696. The molecule has 0 radical (unpaired) electrons. The van der Waals surface area contributed by atoms with Crippen molar-refractivity contribution < 1.29 is 18.3 Å². The first kappa shape index (κ1) is 17.6. The minimum absolute atomic E-state index is 0.00316. The Morgan fingerprint density at radius 3 is 2.64 bits per heavy atom. The van der Waals surface area contributed by atoms with E-state index >= 15 is 0 Å². The lowest BCUT2D eigenvalue weighted by Gasteiger charge is -2.11. The molecule has 1 aromatic heterocycles. The van der Waals surface area contributed by atoms with Crippen molar-refractivity contribution in [3.8, 4) is 10.6 Å². The van der Waals surface area contributed by atoms with Crippen molar-refractivity contribution in [2.45, 2.75) is 4.90 Å². The number of anilines is 1. The van der Waals surface area contributed by atoms with Gasteiger partial charge in [0.1, 0.15) is 9.90 Å². The number of benzene rings is 2. The first-order valence-electron chi connectivity index (χ1n) is 6.92. The van der Waals surface area contributed by atoms with Crippen LogP contribution in [0.5, 0.6) is 0 Å². The van der Waals surface area contributed by atoms with Crippen LogP contribution in [0.15, 0.2) is 63.4 Å². The molecule has 25 heavy (non-hydrogen) atoms. The first-order chi connectivity index (χ1) is 11.9. The van der Waals surface area contributed by atoms with Gasteiger partial charge in [0.05, 0.1) is 5.56 Å². The van der Waals surface area contributed by atoms with E-state index in [0.29, 0.717) is 5.69 Å². The van der Waals surface area contributed by atoms with Crippen molar-refractivity contribution in [2.75, 3.05) is 4.72 Å². The third kappa shape index (κ3) is 3.89. The molecule has 9 heteroatoms. The summed E-state index contributed by atoms with van der Waals surface area (Å²) in [5.74, 6) is -1.13. The van der Waals surface area contributed by atoms with Gasteiger partial charge in [0.15, 0.2) is 0 Å². The average Bonchev–Trinajstić information content (AvgIpc) is 3.08.